The molecular formula is C10H26Br2N2. The van der Waals surface area contributed by atoms with Gasteiger partial charge in [0.1, 0.15) is 13.1 Å². The van der Waals surface area contributed by atoms with Gasteiger partial charge in [0.2, 0.25) is 0 Å². The van der Waals surface area contributed by atoms with Crippen LogP contribution in [0.3, 0.4) is 0 Å². The van der Waals surface area contributed by atoms with E-state index in [-0.39, 0.29) is 34.0 Å². The molecule has 4 heteroatoms. The molecule has 0 rings (SSSR count). The number of quaternary nitrogens is 2. The minimum atomic E-state index is 0. The van der Waals surface area contributed by atoms with Gasteiger partial charge in [-0.05, 0) is 27.7 Å². The molecule has 0 aromatic rings. The van der Waals surface area contributed by atoms with Crippen LogP contribution in [0.2, 0.25) is 0 Å². The predicted molar refractivity (Wildman–Crippen MR) is 53.8 cm³/mol. The first kappa shape index (κ1) is 20.3. The minimum absolute atomic E-state index is 0. The Labute approximate surface area is 111 Å². The molecule has 0 fully saturated rings. The fourth-order valence-electron chi connectivity index (χ4n) is 1.56. The summed E-state index contributed by atoms with van der Waals surface area (Å²) in [7, 11) is 0. The maximum absolute atomic E-state index is 2.27. The highest BCUT2D eigenvalue weighted by molar-refractivity contribution is 4.25. The summed E-state index contributed by atoms with van der Waals surface area (Å²) < 4.78 is 0. The van der Waals surface area contributed by atoms with E-state index in [2.05, 4.69) is 27.7 Å². The Hall–Kier alpha value is 0.880. The summed E-state index contributed by atoms with van der Waals surface area (Å²) in [6, 6.07) is 0. The maximum atomic E-state index is 2.27. The molecule has 0 atom stereocenters. The van der Waals surface area contributed by atoms with Crippen LogP contribution in [-0.4, -0.2) is 39.3 Å². The van der Waals surface area contributed by atoms with Crippen LogP contribution in [0.15, 0.2) is 0 Å². The molecule has 0 aromatic heterocycles. The van der Waals surface area contributed by atoms with Gasteiger partial charge < -0.3 is 43.8 Å². The highest BCUT2D eigenvalue weighted by atomic mass is 79.9. The molecule has 2 nitrogen and oxygen atoms in total. The fraction of sp³-hybridized carbons (Fsp3) is 1.00. The summed E-state index contributed by atoms with van der Waals surface area (Å²) in [6.45, 7) is 16.9. The van der Waals surface area contributed by atoms with Gasteiger partial charge in [0, 0.05) is 0 Å². The van der Waals surface area contributed by atoms with Gasteiger partial charge in [0.15, 0.2) is 0 Å². The van der Waals surface area contributed by atoms with Crippen LogP contribution in [-0.2, 0) is 0 Å². The van der Waals surface area contributed by atoms with Crippen molar-refractivity contribution in [3.8, 4) is 0 Å². The zero-order valence-electron chi connectivity index (χ0n) is 10.00. The van der Waals surface area contributed by atoms with Crippen molar-refractivity contribution in [2.24, 2.45) is 0 Å². The lowest BCUT2D eigenvalue weighted by Crippen LogP contribution is -3.19. The molecule has 0 aliphatic heterocycles. The van der Waals surface area contributed by atoms with Crippen LogP contribution in [0.1, 0.15) is 27.7 Å². The first-order valence-electron chi connectivity index (χ1n) is 5.45. The van der Waals surface area contributed by atoms with Gasteiger partial charge in [-0.15, -0.1) is 0 Å². The van der Waals surface area contributed by atoms with Crippen molar-refractivity contribution in [2.75, 3.05) is 39.3 Å². The lowest BCUT2D eigenvalue weighted by Gasteiger charge is -2.19. The zero-order valence-corrected chi connectivity index (χ0v) is 13.2. The van der Waals surface area contributed by atoms with Crippen LogP contribution in [0.4, 0.5) is 0 Å². The maximum Gasteiger partial charge on any atom is 0.127 e. The lowest BCUT2D eigenvalue weighted by atomic mass is 10.4. The summed E-state index contributed by atoms with van der Waals surface area (Å²) in [5.41, 5.74) is 0. The summed E-state index contributed by atoms with van der Waals surface area (Å²) in [6.07, 6.45) is 0. The summed E-state index contributed by atoms with van der Waals surface area (Å²) in [5, 5.41) is 0. The molecule has 0 aliphatic carbocycles. The Bertz CT molecular complexity index is 82.1. The SMILES string of the molecule is CC[NH+](CC)CC[NH+](CC)CC.[Br-].[Br-]. The van der Waals surface area contributed by atoms with Crippen LogP contribution >= 0.6 is 0 Å². The molecule has 0 aromatic carbocycles. The van der Waals surface area contributed by atoms with Crippen LogP contribution in [0.25, 0.3) is 0 Å². The first-order chi connectivity index (χ1) is 5.78. The molecule has 0 saturated heterocycles. The molecular weight excluding hydrogens is 308 g/mol. The highest BCUT2D eigenvalue weighted by Crippen LogP contribution is 1.52. The highest BCUT2D eigenvalue weighted by Gasteiger charge is 2.07. The van der Waals surface area contributed by atoms with Crippen molar-refractivity contribution in [1.82, 2.24) is 0 Å². The molecule has 0 radical (unpaired) electrons. The second-order valence-corrected chi connectivity index (χ2v) is 3.41. The van der Waals surface area contributed by atoms with Gasteiger partial charge in [-0.3, -0.25) is 0 Å². The van der Waals surface area contributed by atoms with Crippen molar-refractivity contribution >= 4 is 0 Å². The lowest BCUT2D eigenvalue weighted by molar-refractivity contribution is -0.954. The van der Waals surface area contributed by atoms with Crippen LogP contribution in [0.5, 0.6) is 0 Å². The van der Waals surface area contributed by atoms with Gasteiger partial charge in [-0.2, -0.15) is 0 Å². The molecule has 14 heavy (non-hydrogen) atoms. The second kappa shape index (κ2) is 13.9. The van der Waals surface area contributed by atoms with E-state index in [1.54, 1.807) is 9.80 Å². The average molecular weight is 334 g/mol. The molecule has 0 heterocycles. The monoisotopic (exact) mass is 332 g/mol. The molecule has 0 bridgehead atoms. The zero-order chi connectivity index (χ0) is 9.40. The first-order valence-corrected chi connectivity index (χ1v) is 5.45. The Balaban J connectivity index is -0.000000605. The van der Waals surface area contributed by atoms with Crippen LogP contribution in [0, 0.1) is 0 Å². The molecule has 90 valence electrons. The third-order valence-corrected chi connectivity index (χ3v) is 2.83. The van der Waals surface area contributed by atoms with Gasteiger partial charge in [-0.1, -0.05) is 0 Å². The largest absolute Gasteiger partial charge is 1.00 e. The van der Waals surface area contributed by atoms with E-state index >= 15 is 0 Å². The Morgan fingerprint density at radius 1 is 0.571 bits per heavy atom. The predicted octanol–water partition coefficient (Wildman–Crippen LogP) is -7.16. The average Bonchev–Trinajstić information content (AvgIpc) is 2.13. The Morgan fingerprint density at radius 3 is 0.929 bits per heavy atom. The Kier molecular flexibility index (Phi) is 20.1. The fourth-order valence-corrected chi connectivity index (χ4v) is 1.56. The van der Waals surface area contributed by atoms with Gasteiger partial charge in [0.25, 0.3) is 0 Å². The number of halogens is 2. The third kappa shape index (κ3) is 9.44. The van der Waals surface area contributed by atoms with E-state index in [9.17, 15) is 0 Å². The van der Waals surface area contributed by atoms with E-state index in [0.29, 0.717) is 0 Å². The second-order valence-electron chi connectivity index (χ2n) is 3.41. The Morgan fingerprint density at radius 2 is 0.786 bits per heavy atom. The third-order valence-electron chi connectivity index (χ3n) is 2.83. The number of rotatable bonds is 7. The van der Waals surface area contributed by atoms with E-state index < -0.39 is 0 Å². The van der Waals surface area contributed by atoms with Crippen molar-refractivity contribution in [2.45, 2.75) is 27.7 Å². The number of nitrogens with one attached hydrogen (secondary N) is 2. The molecule has 0 spiro atoms. The normalized spacial score (nSPS) is 9.86. The summed E-state index contributed by atoms with van der Waals surface area (Å²) in [5.74, 6) is 0. The number of hydrogen-bond acceptors (Lipinski definition) is 0. The van der Waals surface area contributed by atoms with Crippen molar-refractivity contribution in [3.05, 3.63) is 0 Å². The standard InChI is InChI=1S/C10H24N2.2BrH/c1-5-11(6-2)9-10-12(7-3)8-4;;/h5-10H2,1-4H3;2*1H. The molecule has 0 amide bonds. The minimum Gasteiger partial charge on any atom is -1.00 e. The summed E-state index contributed by atoms with van der Waals surface area (Å²) >= 11 is 0. The van der Waals surface area contributed by atoms with Crippen molar-refractivity contribution in [3.63, 3.8) is 0 Å². The van der Waals surface area contributed by atoms with E-state index in [1.165, 1.54) is 39.3 Å². The van der Waals surface area contributed by atoms with Gasteiger partial charge in [0.05, 0.1) is 26.2 Å². The van der Waals surface area contributed by atoms with E-state index in [1.807, 2.05) is 0 Å². The molecule has 2 N–H and O–H groups in total. The number of likely N-dealkylation sites (N-methyl/N-ethyl adjacent to an activating group) is 2. The van der Waals surface area contributed by atoms with Crippen molar-refractivity contribution in [1.29, 1.82) is 0 Å². The van der Waals surface area contributed by atoms with Crippen LogP contribution < -0.4 is 43.8 Å². The van der Waals surface area contributed by atoms with E-state index in [0.717, 1.165) is 0 Å². The topological polar surface area (TPSA) is 8.88 Å². The van der Waals surface area contributed by atoms with Gasteiger partial charge in [-0.25, -0.2) is 0 Å². The van der Waals surface area contributed by atoms with E-state index in [4.69, 9.17) is 0 Å². The molecule has 0 unspecified atom stereocenters. The van der Waals surface area contributed by atoms with Crippen molar-refractivity contribution < 1.29 is 43.8 Å². The number of hydrogen-bond donors (Lipinski definition) is 2. The van der Waals surface area contributed by atoms with Gasteiger partial charge >= 0.3 is 0 Å². The quantitative estimate of drug-likeness (QED) is 0.458. The summed E-state index contributed by atoms with van der Waals surface area (Å²) in [4.78, 5) is 3.46. The molecule has 0 aliphatic rings. The molecule has 0 saturated carbocycles. The smallest absolute Gasteiger partial charge is 0.127 e.